The van der Waals surface area contributed by atoms with Crippen LogP contribution in [0.1, 0.15) is 33.1 Å². The van der Waals surface area contributed by atoms with Gasteiger partial charge in [-0.25, -0.2) is 0 Å². The number of hydrogen-bond donors (Lipinski definition) is 2. The Morgan fingerprint density at radius 1 is 1.33 bits per heavy atom. The van der Waals surface area contributed by atoms with Crippen molar-refractivity contribution in [2.45, 2.75) is 45.3 Å². The minimum atomic E-state index is -0.586. The monoisotopic (exact) mass is 176 g/mol. The Morgan fingerprint density at radius 2 is 2.00 bits per heavy atom. The molecule has 12 heavy (non-hydrogen) atoms. The lowest BCUT2D eigenvalue weighted by molar-refractivity contribution is -0.0569. The summed E-state index contributed by atoms with van der Waals surface area (Å²) in [7, 11) is 0. The summed E-state index contributed by atoms with van der Waals surface area (Å²) >= 11 is 0. The molecule has 0 amide bonds. The van der Waals surface area contributed by atoms with Crippen molar-refractivity contribution >= 4 is 0 Å². The average Bonchev–Trinajstić information content (AvgIpc) is 2.04. The van der Waals surface area contributed by atoms with Crippen LogP contribution in [0.2, 0.25) is 0 Å². The van der Waals surface area contributed by atoms with Crippen LogP contribution in [-0.2, 0) is 4.74 Å². The number of unbranched alkanes of at least 4 members (excludes halogenated alkanes) is 2. The zero-order valence-electron chi connectivity index (χ0n) is 7.99. The molecule has 74 valence electrons. The molecule has 0 aliphatic carbocycles. The van der Waals surface area contributed by atoms with Gasteiger partial charge in [0.05, 0.1) is 12.7 Å². The SMILES string of the molecule is CCCCCOC(CO)C(C)O. The largest absolute Gasteiger partial charge is 0.394 e. The van der Waals surface area contributed by atoms with E-state index in [1.165, 1.54) is 0 Å². The van der Waals surface area contributed by atoms with Gasteiger partial charge in [-0.15, -0.1) is 0 Å². The van der Waals surface area contributed by atoms with E-state index in [-0.39, 0.29) is 6.61 Å². The molecule has 0 bridgehead atoms. The Kier molecular flexibility index (Phi) is 7.45. The van der Waals surface area contributed by atoms with Crippen LogP contribution in [0.4, 0.5) is 0 Å². The topological polar surface area (TPSA) is 49.7 Å². The molecule has 0 spiro atoms. The summed E-state index contributed by atoms with van der Waals surface area (Å²) in [6.07, 6.45) is 2.29. The number of aliphatic hydroxyl groups excluding tert-OH is 2. The van der Waals surface area contributed by atoms with E-state index in [1.807, 2.05) is 0 Å². The highest BCUT2D eigenvalue weighted by molar-refractivity contribution is 4.61. The molecule has 0 radical (unpaired) electrons. The van der Waals surface area contributed by atoms with Crippen LogP contribution in [-0.4, -0.2) is 35.6 Å². The lowest BCUT2D eigenvalue weighted by Gasteiger charge is -2.17. The molecule has 0 saturated carbocycles. The summed E-state index contributed by atoms with van der Waals surface area (Å²) in [6, 6.07) is 0. The average molecular weight is 176 g/mol. The quantitative estimate of drug-likeness (QED) is 0.567. The summed E-state index contributed by atoms with van der Waals surface area (Å²) in [5.41, 5.74) is 0. The van der Waals surface area contributed by atoms with Gasteiger partial charge in [0.15, 0.2) is 0 Å². The van der Waals surface area contributed by atoms with Crippen molar-refractivity contribution in [3.05, 3.63) is 0 Å². The molecule has 0 heterocycles. The second-order valence-corrected chi connectivity index (χ2v) is 3.04. The van der Waals surface area contributed by atoms with Gasteiger partial charge in [0.25, 0.3) is 0 Å². The first-order chi connectivity index (χ1) is 5.72. The Labute approximate surface area is 74.4 Å². The predicted molar refractivity (Wildman–Crippen MR) is 48.0 cm³/mol. The predicted octanol–water partition coefficient (Wildman–Crippen LogP) is 0.935. The highest BCUT2D eigenvalue weighted by atomic mass is 16.5. The highest BCUT2D eigenvalue weighted by Gasteiger charge is 2.13. The Hall–Kier alpha value is -0.120. The zero-order chi connectivity index (χ0) is 9.40. The van der Waals surface area contributed by atoms with E-state index in [4.69, 9.17) is 14.9 Å². The van der Waals surface area contributed by atoms with Crippen molar-refractivity contribution in [2.24, 2.45) is 0 Å². The highest BCUT2D eigenvalue weighted by Crippen LogP contribution is 2.01. The molecule has 0 aromatic rings. The van der Waals surface area contributed by atoms with Gasteiger partial charge in [-0.2, -0.15) is 0 Å². The van der Waals surface area contributed by atoms with Crippen molar-refractivity contribution in [1.29, 1.82) is 0 Å². The first-order valence-electron chi connectivity index (χ1n) is 4.62. The third-order valence-corrected chi connectivity index (χ3v) is 1.80. The minimum absolute atomic E-state index is 0.107. The second-order valence-electron chi connectivity index (χ2n) is 3.04. The molecule has 2 atom stereocenters. The van der Waals surface area contributed by atoms with Gasteiger partial charge in [-0.1, -0.05) is 19.8 Å². The molecule has 0 rings (SSSR count). The molecule has 0 aliphatic heterocycles. The number of rotatable bonds is 7. The summed E-state index contributed by atoms with van der Waals surface area (Å²) < 4.78 is 5.25. The van der Waals surface area contributed by atoms with E-state index < -0.39 is 12.2 Å². The van der Waals surface area contributed by atoms with Gasteiger partial charge < -0.3 is 14.9 Å². The lowest BCUT2D eigenvalue weighted by atomic mass is 10.2. The fraction of sp³-hybridized carbons (Fsp3) is 1.00. The summed E-state index contributed by atoms with van der Waals surface area (Å²) in [6.45, 7) is 4.27. The maximum Gasteiger partial charge on any atom is 0.106 e. The number of aliphatic hydroxyl groups is 2. The Bertz CT molecular complexity index is 93.8. The number of ether oxygens (including phenoxy) is 1. The van der Waals surface area contributed by atoms with Crippen molar-refractivity contribution in [1.82, 2.24) is 0 Å². The van der Waals surface area contributed by atoms with Gasteiger partial charge >= 0.3 is 0 Å². The van der Waals surface area contributed by atoms with E-state index in [0.717, 1.165) is 19.3 Å². The Balaban J connectivity index is 3.32. The molecule has 0 aromatic heterocycles. The van der Waals surface area contributed by atoms with Crippen molar-refractivity contribution in [2.75, 3.05) is 13.2 Å². The van der Waals surface area contributed by atoms with E-state index in [9.17, 15) is 0 Å². The molecule has 3 nitrogen and oxygen atoms in total. The van der Waals surface area contributed by atoms with Gasteiger partial charge in [0.1, 0.15) is 6.10 Å². The fourth-order valence-corrected chi connectivity index (χ4v) is 0.931. The van der Waals surface area contributed by atoms with Crippen LogP contribution in [0.5, 0.6) is 0 Å². The molecule has 3 heteroatoms. The third kappa shape index (κ3) is 5.52. The molecule has 0 aromatic carbocycles. The van der Waals surface area contributed by atoms with Crippen molar-refractivity contribution in [3.63, 3.8) is 0 Å². The van der Waals surface area contributed by atoms with E-state index in [0.29, 0.717) is 6.61 Å². The van der Waals surface area contributed by atoms with E-state index >= 15 is 0 Å². The fourth-order valence-electron chi connectivity index (χ4n) is 0.931. The maximum absolute atomic E-state index is 9.08. The van der Waals surface area contributed by atoms with Crippen LogP contribution in [0, 0.1) is 0 Å². The van der Waals surface area contributed by atoms with Gasteiger partial charge in [0, 0.05) is 6.61 Å². The van der Waals surface area contributed by atoms with Crippen molar-refractivity contribution in [3.8, 4) is 0 Å². The third-order valence-electron chi connectivity index (χ3n) is 1.80. The molecule has 0 saturated heterocycles. The van der Waals surface area contributed by atoms with Crippen LogP contribution in [0.25, 0.3) is 0 Å². The summed E-state index contributed by atoms with van der Waals surface area (Å²) in [4.78, 5) is 0. The zero-order valence-corrected chi connectivity index (χ0v) is 7.99. The van der Waals surface area contributed by atoms with Crippen LogP contribution in [0.3, 0.4) is 0 Å². The van der Waals surface area contributed by atoms with E-state index in [2.05, 4.69) is 6.92 Å². The van der Waals surface area contributed by atoms with Crippen LogP contribution in [0.15, 0.2) is 0 Å². The van der Waals surface area contributed by atoms with Gasteiger partial charge in [-0.3, -0.25) is 0 Å². The molecule has 2 unspecified atom stereocenters. The summed E-state index contributed by atoms with van der Waals surface area (Å²) in [5.74, 6) is 0. The molecular weight excluding hydrogens is 156 g/mol. The molecule has 0 fully saturated rings. The molecule has 2 N–H and O–H groups in total. The number of hydrogen-bond acceptors (Lipinski definition) is 3. The lowest BCUT2D eigenvalue weighted by Crippen LogP contribution is -2.30. The van der Waals surface area contributed by atoms with E-state index in [1.54, 1.807) is 6.92 Å². The van der Waals surface area contributed by atoms with Gasteiger partial charge in [-0.05, 0) is 13.3 Å². The van der Waals surface area contributed by atoms with Crippen LogP contribution >= 0.6 is 0 Å². The maximum atomic E-state index is 9.08. The van der Waals surface area contributed by atoms with Gasteiger partial charge in [0.2, 0.25) is 0 Å². The first kappa shape index (κ1) is 11.9. The molecule has 0 aliphatic rings. The molecular formula is C9H20O3. The minimum Gasteiger partial charge on any atom is -0.394 e. The summed E-state index contributed by atoms with van der Waals surface area (Å²) in [5, 5.41) is 17.9. The smallest absolute Gasteiger partial charge is 0.106 e. The van der Waals surface area contributed by atoms with Crippen molar-refractivity contribution < 1.29 is 14.9 Å². The Morgan fingerprint density at radius 3 is 2.42 bits per heavy atom. The standard InChI is InChI=1S/C9H20O3/c1-3-4-5-6-12-9(7-10)8(2)11/h8-11H,3-7H2,1-2H3. The normalized spacial score (nSPS) is 16.0. The first-order valence-corrected chi connectivity index (χ1v) is 4.62. The van der Waals surface area contributed by atoms with Crippen LogP contribution < -0.4 is 0 Å². The second kappa shape index (κ2) is 7.53.